The van der Waals surface area contributed by atoms with Gasteiger partial charge in [-0.2, -0.15) is 4.68 Å². The summed E-state index contributed by atoms with van der Waals surface area (Å²) in [4.78, 5) is 9.89. The van der Waals surface area contributed by atoms with Gasteiger partial charge in [-0.1, -0.05) is 0 Å². The molecule has 1 aliphatic heterocycles. The van der Waals surface area contributed by atoms with E-state index in [4.69, 9.17) is 9.47 Å². The fourth-order valence-electron chi connectivity index (χ4n) is 1.51. The molecule has 16 heavy (non-hydrogen) atoms. The van der Waals surface area contributed by atoms with Crippen molar-refractivity contribution in [2.75, 3.05) is 13.2 Å². The van der Waals surface area contributed by atoms with Gasteiger partial charge in [0, 0.05) is 6.42 Å². The summed E-state index contributed by atoms with van der Waals surface area (Å²) in [6.07, 6.45) is 2.95. The lowest BCUT2D eigenvalue weighted by Gasteiger charge is -2.22. The third kappa shape index (κ3) is 2.77. The molecule has 88 valence electrons. The van der Waals surface area contributed by atoms with Gasteiger partial charge in [-0.05, 0) is 11.3 Å². The Hall–Kier alpha value is -1.47. The maximum Gasteiger partial charge on any atom is 0.389 e. The zero-order valence-corrected chi connectivity index (χ0v) is 8.74. The van der Waals surface area contributed by atoms with E-state index in [-0.39, 0.29) is 12.1 Å². The first-order chi connectivity index (χ1) is 7.75. The van der Waals surface area contributed by atoms with Gasteiger partial charge in [0.2, 0.25) is 0 Å². The standard InChI is InChI=1S/C9H13N3O4/c13-12(14)8-2-4-11(10-8)5-3-9-15-6-1-7-16-9/h2,4,9H,1,3,5-7H2. The number of hydrogen-bond donors (Lipinski definition) is 0. The van der Waals surface area contributed by atoms with Crippen LogP contribution in [0.5, 0.6) is 0 Å². The van der Waals surface area contributed by atoms with Crippen LogP contribution in [0.1, 0.15) is 12.8 Å². The van der Waals surface area contributed by atoms with Crippen LogP contribution >= 0.6 is 0 Å². The molecule has 1 fully saturated rings. The summed E-state index contributed by atoms with van der Waals surface area (Å²) in [5, 5.41) is 14.2. The van der Waals surface area contributed by atoms with Gasteiger partial charge in [0.15, 0.2) is 6.29 Å². The summed E-state index contributed by atoms with van der Waals surface area (Å²) in [5.74, 6) is -0.134. The molecule has 0 bridgehead atoms. The van der Waals surface area contributed by atoms with Crippen LogP contribution in [0, 0.1) is 10.1 Å². The van der Waals surface area contributed by atoms with Crippen LogP contribution in [0.25, 0.3) is 0 Å². The van der Waals surface area contributed by atoms with Crippen molar-refractivity contribution in [1.82, 2.24) is 9.78 Å². The number of aromatic nitrogens is 2. The van der Waals surface area contributed by atoms with Gasteiger partial charge >= 0.3 is 5.82 Å². The minimum atomic E-state index is -0.510. The summed E-state index contributed by atoms with van der Waals surface area (Å²) in [6.45, 7) is 1.98. The third-order valence-electron chi connectivity index (χ3n) is 2.30. The Morgan fingerprint density at radius 2 is 2.31 bits per heavy atom. The number of nitrogens with zero attached hydrogens (tertiary/aromatic N) is 3. The molecule has 0 radical (unpaired) electrons. The number of aryl methyl sites for hydroxylation is 1. The van der Waals surface area contributed by atoms with E-state index in [1.165, 1.54) is 10.7 Å². The van der Waals surface area contributed by atoms with Crippen LogP contribution in [0.15, 0.2) is 12.3 Å². The molecule has 0 unspecified atom stereocenters. The van der Waals surface area contributed by atoms with Crippen LogP contribution in [0.4, 0.5) is 5.82 Å². The van der Waals surface area contributed by atoms with Gasteiger partial charge in [-0.25, -0.2) is 0 Å². The molecular weight excluding hydrogens is 214 g/mol. The van der Waals surface area contributed by atoms with E-state index in [1.54, 1.807) is 6.20 Å². The minimum Gasteiger partial charge on any atom is -0.358 e. The zero-order chi connectivity index (χ0) is 11.4. The van der Waals surface area contributed by atoms with Gasteiger partial charge < -0.3 is 19.6 Å². The van der Waals surface area contributed by atoms with E-state index in [0.29, 0.717) is 26.2 Å². The van der Waals surface area contributed by atoms with Crippen molar-refractivity contribution >= 4 is 5.82 Å². The molecule has 0 aliphatic carbocycles. The molecule has 7 heteroatoms. The molecule has 1 aromatic rings. The number of hydrogen-bond acceptors (Lipinski definition) is 5. The summed E-state index contributed by atoms with van der Waals surface area (Å²) < 4.78 is 12.2. The molecule has 0 aromatic carbocycles. The van der Waals surface area contributed by atoms with Crippen LogP contribution < -0.4 is 0 Å². The molecule has 7 nitrogen and oxygen atoms in total. The summed E-state index contributed by atoms with van der Waals surface area (Å²) in [6, 6.07) is 1.38. The smallest absolute Gasteiger partial charge is 0.358 e. The van der Waals surface area contributed by atoms with Crippen molar-refractivity contribution in [3.63, 3.8) is 0 Å². The van der Waals surface area contributed by atoms with E-state index in [1.807, 2.05) is 0 Å². The maximum atomic E-state index is 10.4. The topological polar surface area (TPSA) is 79.4 Å². The van der Waals surface area contributed by atoms with E-state index >= 15 is 0 Å². The molecule has 0 amide bonds. The average molecular weight is 227 g/mol. The van der Waals surface area contributed by atoms with Crippen molar-refractivity contribution in [2.24, 2.45) is 0 Å². The Morgan fingerprint density at radius 1 is 1.56 bits per heavy atom. The van der Waals surface area contributed by atoms with Crippen molar-refractivity contribution in [2.45, 2.75) is 25.7 Å². The van der Waals surface area contributed by atoms with Crippen molar-refractivity contribution in [3.05, 3.63) is 22.4 Å². The fraction of sp³-hybridized carbons (Fsp3) is 0.667. The van der Waals surface area contributed by atoms with Crippen LogP contribution in [0.2, 0.25) is 0 Å². The number of rotatable bonds is 4. The Labute approximate surface area is 92.1 Å². The van der Waals surface area contributed by atoms with Gasteiger partial charge in [0.25, 0.3) is 0 Å². The predicted octanol–water partition coefficient (Wildman–Crippen LogP) is 0.944. The largest absolute Gasteiger partial charge is 0.389 e. The van der Waals surface area contributed by atoms with Crippen molar-refractivity contribution < 1.29 is 14.4 Å². The van der Waals surface area contributed by atoms with Crippen LogP contribution in [0.3, 0.4) is 0 Å². The first-order valence-electron chi connectivity index (χ1n) is 5.17. The van der Waals surface area contributed by atoms with Gasteiger partial charge in [0.1, 0.15) is 0 Å². The predicted molar refractivity (Wildman–Crippen MR) is 53.8 cm³/mol. The quantitative estimate of drug-likeness (QED) is 0.565. The molecule has 2 rings (SSSR count). The Bertz CT molecular complexity index is 359. The highest BCUT2D eigenvalue weighted by atomic mass is 16.7. The Kier molecular flexibility index (Phi) is 3.47. The Balaban J connectivity index is 1.81. The van der Waals surface area contributed by atoms with Gasteiger partial charge in [0.05, 0.1) is 37.1 Å². The average Bonchev–Trinajstić information content (AvgIpc) is 2.76. The molecule has 1 aliphatic rings. The number of nitro groups is 1. The monoisotopic (exact) mass is 227 g/mol. The second-order valence-electron chi connectivity index (χ2n) is 3.51. The maximum absolute atomic E-state index is 10.4. The van der Waals surface area contributed by atoms with Crippen LogP contribution in [-0.2, 0) is 16.0 Å². The first-order valence-corrected chi connectivity index (χ1v) is 5.17. The van der Waals surface area contributed by atoms with E-state index < -0.39 is 4.92 Å². The summed E-state index contributed by atoms with van der Waals surface area (Å²) in [5.41, 5.74) is 0. The third-order valence-corrected chi connectivity index (χ3v) is 2.30. The second-order valence-corrected chi connectivity index (χ2v) is 3.51. The van der Waals surface area contributed by atoms with Gasteiger partial charge in [-0.3, -0.25) is 0 Å². The lowest BCUT2D eigenvalue weighted by atomic mass is 10.3. The van der Waals surface area contributed by atoms with Crippen LogP contribution in [-0.4, -0.2) is 34.2 Å². The highest BCUT2D eigenvalue weighted by Gasteiger charge is 2.16. The summed E-state index contributed by atoms with van der Waals surface area (Å²) in [7, 11) is 0. The first kappa shape index (κ1) is 11.0. The van der Waals surface area contributed by atoms with Crippen molar-refractivity contribution in [3.8, 4) is 0 Å². The molecule has 0 spiro atoms. The highest BCUT2D eigenvalue weighted by Crippen LogP contribution is 2.11. The summed E-state index contributed by atoms with van der Waals surface area (Å²) >= 11 is 0. The second kappa shape index (κ2) is 5.04. The molecule has 0 N–H and O–H groups in total. The van der Waals surface area contributed by atoms with E-state index in [0.717, 1.165) is 6.42 Å². The molecular formula is C9H13N3O4. The zero-order valence-electron chi connectivity index (χ0n) is 8.74. The highest BCUT2D eigenvalue weighted by molar-refractivity contribution is 5.13. The minimum absolute atomic E-state index is 0.134. The molecule has 1 aromatic heterocycles. The SMILES string of the molecule is O=[N+]([O-])c1ccn(CCC2OCCCO2)n1. The Morgan fingerprint density at radius 3 is 2.94 bits per heavy atom. The molecule has 0 atom stereocenters. The normalized spacial score (nSPS) is 17.5. The fourth-order valence-corrected chi connectivity index (χ4v) is 1.51. The van der Waals surface area contributed by atoms with E-state index in [9.17, 15) is 10.1 Å². The molecule has 1 saturated heterocycles. The molecule has 2 heterocycles. The van der Waals surface area contributed by atoms with E-state index in [2.05, 4.69) is 5.10 Å². The lowest BCUT2D eigenvalue weighted by Crippen LogP contribution is -2.26. The van der Waals surface area contributed by atoms with Gasteiger partial charge in [-0.15, -0.1) is 0 Å². The lowest BCUT2D eigenvalue weighted by molar-refractivity contribution is -0.389. The van der Waals surface area contributed by atoms with Crippen molar-refractivity contribution in [1.29, 1.82) is 0 Å². The molecule has 0 saturated carbocycles. The number of ether oxygens (including phenoxy) is 2.